The average Bonchev–Trinajstić information content (AvgIpc) is 2.19. The molecule has 0 saturated carbocycles. The van der Waals surface area contributed by atoms with Crippen LogP contribution in [0.3, 0.4) is 0 Å². The molecule has 0 N–H and O–H groups in total. The molecule has 0 radical (unpaired) electrons. The molecule has 0 amide bonds. The minimum absolute atomic E-state index is 0.848. The predicted octanol–water partition coefficient (Wildman–Crippen LogP) is 1.15. The first-order valence-corrected chi connectivity index (χ1v) is 3.06. The van der Waals surface area contributed by atoms with E-state index in [1.807, 2.05) is 0 Å². The molecule has 0 saturated heterocycles. The SMILES string of the molecule is SCCc1cnoc1. The number of hydrogen-bond acceptors (Lipinski definition) is 3. The van der Waals surface area contributed by atoms with E-state index >= 15 is 0 Å². The summed E-state index contributed by atoms with van der Waals surface area (Å²) in [5.41, 5.74) is 1.11. The Kier molecular flexibility index (Phi) is 1.97. The van der Waals surface area contributed by atoms with E-state index in [1.54, 1.807) is 12.5 Å². The first-order valence-electron chi connectivity index (χ1n) is 2.42. The van der Waals surface area contributed by atoms with Crippen molar-refractivity contribution < 1.29 is 4.52 Å². The smallest absolute Gasteiger partial charge is 0.127 e. The van der Waals surface area contributed by atoms with Crippen molar-refractivity contribution in [2.24, 2.45) is 0 Å². The summed E-state index contributed by atoms with van der Waals surface area (Å²) in [5.74, 6) is 0.848. The van der Waals surface area contributed by atoms with Crippen LogP contribution < -0.4 is 0 Å². The van der Waals surface area contributed by atoms with Crippen molar-refractivity contribution >= 4 is 12.6 Å². The maximum absolute atomic E-state index is 4.58. The molecule has 0 spiro atoms. The van der Waals surface area contributed by atoms with Crippen LogP contribution in [0.4, 0.5) is 0 Å². The van der Waals surface area contributed by atoms with Gasteiger partial charge in [-0.1, -0.05) is 5.16 Å². The monoisotopic (exact) mass is 129 g/mol. The zero-order valence-electron chi connectivity index (χ0n) is 4.37. The number of thiol groups is 1. The van der Waals surface area contributed by atoms with Crippen LogP contribution in [0.5, 0.6) is 0 Å². The van der Waals surface area contributed by atoms with Crippen LogP contribution in [0, 0.1) is 0 Å². The molecule has 1 heterocycles. The van der Waals surface area contributed by atoms with Gasteiger partial charge in [0.15, 0.2) is 0 Å². The zero-order valence-corrected chi connectivity index (χ0v) is 5.27. The highest BCUT2D eigenvalue weighted by molar-refractivity contribution is 7.80. The molecule has 0 aliphatic heterocycles. The fourth-order valence-electron chi connectivity index (χ4n) is 0.479. The maximum Gasteiger partial charge on any atom is 0.127 e. The molecule has 0 aliphatic rings. The summed E-state index contributed by atoms with van der Waals surface area (Å²) in [6.45, 7) is 0. The quantitative estimate of drug-likeness (QED) is 0.606. The molecule has 0 fully saturated rings. The number of hydrogen-bond donors (Lipinski definition) is 1. The summed E-state index contributed by atoms with van der Waals surface area (Å²) in [6.07, 6.45) is 4.28. The minimum Gasteiger partial charge on any atom is -0.364 e. The molecule has 1 aromatic rings. The van der Waals surface area contributed by atoms with Crippen LogP contribution >= 0.6 is 12.6 Å². The third-order valence-electron chi connectivity index (χ3n) is 0.884. The van der Waals surface area contributed by atoms with Crippen LogP contribution in [0.2, 0.25) is 0 Å². The van der Waals surface area contributed by atoms with E-state index in [4.69, 9.17) is 0 Å². The Hall–Kier alpha value is -0.440. The molecule has 0 atom stereocenters. The van der Waals surface area contributed by atoms with E-state index in [9.17, 15) is 0 Å². The number of nitrogens with zero attached hydrogens (tertiary/aromatic N) is 1. The van der Waals surface area contributed by atoms with Gasteiger partial charge in [0, 0.05) is 5.56 Å². The first-order chi connectivity index (χ1) is 3.93. The van der Waals surface area contributed by atoms with Gasteiger partial charge in [-0.25, -0.2) is 0 Å². The Bertz CT molecular complexity index is 138. The van der Waals surface area contributed by atoms with Gasteiger partial charge in [0.05, 0.1) is 6.20 Å². The van der Waals surface area contributed by atoms with Gasteiger partial charge in [-0.05, 0) is 12.2 Å². The van der Waals surface area contributed by atoms with Gasteiger partial charge >= 0.3 is 0 Å². The summed E-state index contributed by atoms with van der Waals surface area (Å²) in [4.78, 5) is 0. The first kappa shape index (κ1) is 5.69. The van der Waals surface area contributed by atoms with E-state index in [0.29, 0.717) is 0 Å². The summed E-state index contributed by atoms with van der Waals surface area (Å²) in [6, 6.07) is 0. The Labute approximate surface area is 53.3 Å². The zero-order chi connectivity index (χ0) is 5.82. The van der Waals surface area contributed by atoms with Gasteiger partial charge in [-0.2, -0.15) is 12.6 Å². The number of aryl methyl sites for hydroxylation is 1. The van der Waals surface area contributed by atoms with Crippen molar-refractivity contribution in [2.45, 2.75) is 6.42 Å². The number of rotatable bonds is 2. The lowest BCUT2D eigenvalue weighted by molar-refractivity contribution is 0.419. The fourth-order valence-corrected chi connectivity index (χ4v) is 0.737. The van der Waals surface area contributed by atoms with Crippen molar-refractivity contribution in [1.82, 2.24) is 5.16 Å². The Morgan fingerprint density at radius 1 is 1.75 bits per heavy atom. The Balaban J connectivity index is 2.50. The highest BCUT2D eigenvalue weighted by Gasteiger charge is 1.90. The van der Waals surface area contributed by atoms with E-state index in [1.165, 1.54) is 0 Å². The third kappa shape index (κ3) is 1.26. The van der Waals surface area contributed by atoms with Crippen LogP contribution in [0.1, 0.15) is 5.56 Å². The van der Waals surface area contributed by atoms with Gasteiger partial charge < -0.3 is 4.52 Å². The highest BCUT2D eigenvalue weighted by Crippen LogP contribution is 1.97. The predicted molar refractivity (Wildman–Crippen MR) is 34.1 cm³/mol. The van der Waals surface area contributed by atoms with Crippen molar-refractivity contribution in [3.8, 4) is 0 Å². The van der Waals surface area contributed by atoms with Crippen molar-refractivity contribution in [2.75, 3.05) is 5.75 Å². The van der Waals surface area contributed by atoms with E-state index in [2.05, 4.69) is 22.3 Å². The molecular weight excluding hydrogens is 122 g/mol. The molecule has 0 aliphatic carbocycles. The van der Waals surface area contributed by atoms with Crippen molar-refractivity contribution in [3.63, 3.8) is 0 Å². The van der Waals surface area contributed by atoms with Crippen LogP contribution in [0.15, 0.2) is 17.0 Å². The van der Waals surface area contributed by atoms with Crippen LogP contribution in [-0.4, -0.2) is 10.9 Å². The second-order valence-corrected chi connectivity index (χ2v) is 1.95. The Morgan fingerprint density at radius 2 is 2.62 bits per heavy atom. The van der Waals surface area contributed by atoms with Crippen molar-refractivity contribution in [1.29, 1.82) is 0 Å². The van der Waals surface area contributed by atoms with Gasteiger partial charge in [-0.3, -0.25) is 0 Å². The Morgan fingerprint density at radius 3 is 3.12 bits per heavy atom. The molecule has 8 heavy (non-hydrogen) atoms. The average molecular weight is 129 g/mol. The second kappa shape index (κ2) is 2.77. The topological polar surface area (TPSA) is 26.0 Å². The molecule has 1 rings (SSSR count). The fraction of sp³-hybridized carbons (Fsp3) is 0.400. The van der Waals surface area contributed by atoms with Gasteiger partial charge in [0.25, 0.3) is 0 Å². The van der Waals surface area contributed by atoms with E-state index in [0.717, 1.165) is 17.7 Å². The molecule has 2 nitrogen and oxygen atoms in total. The van der Waals surface area contributed by atoms with Crippen molar-refractivity contribution in [3.05, 3.63) is 18.0 Å². The van der Waals surface area contributed by atoms with E-state index in [-0.39, 0.29) is 0 Å². The lowest BCUT2D eigenvalue weighted by Gasteiger charge is -1.82. The molecule has 1 aromatic heterocycles. The normalized spacial score (nSPS) is 9.62. The molecule has 44 valence electrons. The molecule has 0 unspecified atom stereocenters. The maximum atomic E-state index is 4.58. The third-order valence-corrected chi connectivity index (χ3v) is 1.11. The molecule has 0 bridgehead atoms. The summed E-state index contributed by atoms with van der Waals surface area (Å²) >= 11 is 4.04. The summed E-state index contributed by atoms with van der Waals surface area (Å²) in [7, 11) is 0. The van der Waals surface area contributed by atoms with Crippen LogP contribution in [-0.2, 0) is 6.42 Å². The lowest BCUT2D eigenvalue weighted by atomic mass is 10.3. The van der Waals surface area contributed by atoms with E-state index < -0.39 is 0 Å². The summed E-state index contributed by atoms with van der Waals surface area (Å²) < 4.78 is 4.58. The minimum atomic E-state index is 0.848. The molecule has 0 aromatic carbocycles. The highest BCUT2D eigenvalue weighted by atomic mass is 32.1. The largest absolute Gasteiger partial charge is 0.364 e. The molecular formula is C5H7NOS. The van der Waals surface area contributed by atoms with Gasteiger partial charge in [0.2, 0.25) is 0 Å². The number of aromatic nitrogens is 1. The summed E-state index contributed by atoms with van der Waals surface area (Å²) in [5, 5.41) is 3.53. The second-order valence-electron chi connectivity index (χ2n) is 1.51. The van der Waals surface area contributed by atoms with Crippen LogP contribution in [0.25, 0.3) is 0 Å². The standard InChI is InChI=1S/C5H7NOS/c8-2-1-5-3-6-7-4-5/h3-4,8H,1-2H2. The lowest BCUT2D eigenvalue weighted by Crippen LogP contribution is -1.79. The molecule has 3 heteroatoms. The van der Waals surface area contributed by atoms with Gasteiger partial charge in [0.1, 0.15) is 6.26 Å². The van der Waals surface area contributed by atoms with Gasteiger partial charge in [-0.15, -0.1) is 0 Å².